The van der Waals surface area contributed by atoms with Gasteiger partial charge in [-0.2, -0.15) is 0 Å². The van der Waals surface area contributed by atoms with Crippen LogP contribution in [0.15, 0.2) is 35.7 Å². The van der Waals surface area contributed by atoms with Crippen LogP contribution in [0.1, 0.15) is 36.3 Å². The predicted octanol–water partition coefficient (Wildman–Crippen LogP) is 0.380. The number of benzene rings is 1. The van der Waals surface area contributed by atoms with E-state index in [4.69, 9.17) is 5.11 Å². The van der Waals surface area contributed by atoms with E-state index in [2.05, 4.69) is 31.6 Å². The van der Waals surface area contributed by atoms with Gasteiger partial charge in [-0.15, -0.1) is 11.3 Å². The zero-order valence-corrected chi connectivity index (χ0v) is 21.3. The first kappa shape index (κ1) is 29.7. The summed E-state index contributed by atoms with van der Waals surface area (Å²) in [6.45, 7) is 2.77. The number of urea groups is 1. The van der Waals surface area contributed by atoms with Gasteiger partial charge >= 0.3 is 18.0 Å². The number of carboxylic acids is 2. The Balaban J connectivity index is 1.86. The van der Waals surface area contributed by atoms with Crippen LogP contribution < -0.4 is 26.6 Å². The van der Waals surface area contributed by atoms with Crippen molar-refractivity contribution in [3.8, 4) is 0 Å². The molecule has 0 aliphatic heterocycles. The Labute approximate surface area is 221 Å². The lowest BCUT2D eigenvalue weighted by atomic mass is 10.0. The number of nitrogens with zero attached hydrogens (tertiary/aromatic N) is 1. The highest BCUT2D eigenvalue weighted by Crippen LogP contribution is 2.15. The van der Waals surface area contributed by atoms with Crippen LogP contribution in [0.4, 0.5) is 9.93 Å². The van der Waals surface area contributed by atoms with Gasteiger partial charge in [-0.1, -0.05) is 44.2 Å². The third kappa shape index (κ3) is 9.85. The van der Waals surface area contributed by atoms with E-state index in [0.717, 1.165) is 16.9 Å². The van der Waals surface area contributed by atoms with E-state index in [-0.39, 0.29) is 17.4 Å². The molecule has 2 atom stereocenters. The van der Waals surface area contributed by atoms with Crippen LogP contribution in [0.2, 0.25) is 0 Å². The molecular formula is C23H28N6O8S. The lowest BCUT2D eigenvalue weighted by molar-refractivity contribution is -0.144. The van der Waals surface area contributed by atoms with Crippen LogP contribution in [0, 0.1) is 5.92 Å². The van der Waals surface area contributed by atoms with Gasteiger partial charge in [0, 0.05) is 11.9 Å². The van der Waals surface area contributed by atoms with Crippen molar-refractivity contribution in [3.05, 3.63) is 47.0 Å². The molecule has 14 nitrogen and oxygen atoms in total. The summed E-state index contributed by atoms with van der Waals surface area (Å²) in [4.78, 5) is 75.5. The first-order valence-corrected chi connectivity index (χ1v) is 12.2. The minimum Gasteiger partial charge on any atom is -0.481 e. The lowest BCUT2D eigenvalue weighted by Crippen LogP contribution is -2.54. The van der Waals surface area contributed by atoms with Crippen molar-refractivity contribution in [2.75, 3.05) is 11.9 Å². The van der Waals surface area contributed by atoms with E-state index in [1.165, 1.54) is 5.38 Å². The fraction of sp³-hybridized carbons (Fsp3) is 0.348. The summed E-state index contributed by atoms with van der Waals surface area (Å²) in [5.74, 6) is -5.84. The van der Waals surface area contributed by atoms with Gasteiger partial charge < -0.3 is 31.5 Å². The van der Waals surface area contributed by atoms with E-state index in [1.54, 1.807) is 13.8 Å². The Morgan fingerprint density at radius 2 is 1.66 bits per heavy atom. The highest BCUT2D eigenvalue weighted by molar-refractivity contribution is 7.14. The summed E-state index contributed by atoms with van der Waals surface area (Å²) >= 11 is 0.983. The third-order valence-corrected chi connectivity index (χ3v) is 5.68. The molecule has 0 aliphatic rings. The summed E-state index contributed by atoms with van der Waals surface area (Å²) in [5.41, 5.74) is 0.812. The maximum Gasteiger partial charge on any atom is 0.326 e. The van der Waals surface area contributed by atoms with Gasteiger partial charge in [0.2, 0.25) is 11.8 Å². The number of nitrogens with one attached hydrogen (secondary N) is 5. The van der Waals surface area contributed by atoms with E-state index < -0.39 is 66.7 Å². The highest BCUT2D eigenvalue weighted by atomic mass is 32.1. The van der Waals surface area contributed by atoms with E-state index in [0.29, 0.717) is 0 Å². The smallest absolute Gasteiger partial charge is 0.326 e. The lowest BCUT2D eigenvalue weighted by Gasteiger charge is -2.22. The van der Waals surface area contributed by atoms with Crippen molar-refractivity contribution < 1.29 is 39.0 Å². The number of carbonyl (C=O) groups excluding carboxylic acids is 4. The number of anilines is 1. The molecule has 1 aromatic heterocycles. The summed E-state index contributed by atoms with van der Waals surface area (Å²) in [7, 11) is 0. The molecule has 0 unspecified atom stereocenters. The van der Waals surface area contributed by atoms with Gasteiger partial charge in [-0.25, -0.2) is 14.6 Å². The molecule has 7 N–H and O–H groups in total. The van der Waals surface area contributed by atoms with Crippen LogP contribution in [-0.2, 0) is 25.7 Å². The molecule has 0 radical (unpaired) electrons. The standard InChI is InChI=1S/C23H28N6O8S/c1-12(2)18(21(35)36)28-20(34)14(8-17(31)32)26-16(30)10-24-19(33)15-11-38-23(27-15)29-22(37)25-9-13-6-4-3-5-7-13/h3-7,11-12,14,18H,8-10H2,1-2H3,(H,24,33)(H,26,30)(H,28,34)(H,31,32)(H,35,36)(H2,25,27,29,37)/t14-,18-/m0/s1. The Kier molecular flexibility index (Phi) is 11.2. The first-order chi connectivity index (χ1) is 18.0. The molecule has 2 rings (SSSR count). The number of amides is 5. The predicted molar refractivity (Wildman–Crippen MR) is 135 cm³/mol. The average Bonchev–Trinajstić information content (AvgIpc) is 3.32. The Morgan fingerprint density at radius 3 is 2.26 bits per heavy atom. The topological polar surface area (TPSA) is 216 Å². The summed E-state index contributed by atoms with van der Waals surface area (Å²) in [6.07, 6.45) is -0.802. The molecule has 2 aromatic rings. The monoisotopic (exact) mass is 548 g/mol. The molecule has 0 fully saturated rings. The number of aromatic nitrogens is 1. The molecule has 0 saturated heterocycles. The third-order valence-electron chi connectivity index (χ3n) is 4.92. The van der Waals surface area contributed by atoms with Gasteiger partial charge in [0.25, 0.3) is 5.91 Å². The molecule has 15 heteroatoms. The average molecular weight is 549 g/mol. The van der Waals surface area contributed by atoms with Crippen LogP contribution in [0.3, 0.4) is 0 Å². The maximum absolute atomic E-state index is 12.4. The van der Waals surface area contributed by atoms with Crippen LogP contribution in [0.25, 0.3) is 0 Å². The minimum atomic E-state index is -1.57. The van der Waals surface area contributed by atoms with Crippen LogP contribution in [-0.4, -0.2) is 69.5 Å². The van der Waals surface area contributed by atoms with Crippen molar-refractivity contribution in [2.24, 2.45) is 5.92 Å². The largest absolute Gasteiger partial charge is 0.481 e. The quantitative estimate of drug-likeness (QED) is 0.184. The van der Waals surface area contributed by atoms with Crippen molar-refractivity contribution >= 4 is 52.2 Å². The molecule has 38 heavy (non-hydrogen) atoms. The SMILES string of the molecule is CC(C)[C@H](NC(=O)[C@H](CC(=O)O)NC(=O)CNC(=O)c1csc(NC(=O)NCc2ccccc2)n1)C(=O)O. The number of rotatable bonds is 13. The van der Waals surface area contributed by atoms with Crippen molar-refractivity contribution in [3.63, 3.8) is 0 Å². The minimum absolute atomic E-state index is 0.0813. The van der Waals surface area contributed by atoms with Crippen molar-refractivity contribution in [1.82, 2.24) is 26.3 Å². The molecule has 0 saturated carbocycles. The van der Waals surface area contributed by atoms with Gasteiger partial charge in [0.05, 0.1) is 13.0 Å². The molecule has 0 aliphatic carbocycles. The zero-order valence-electron chi connectivity index (χ0n) is 20.5. The number of hydrogen-bond acceptors (Lipinski definition) is 8. The van der Waals surface area contributed by atoms with Gasteiger partial charge in [0.15, 0.2) is 5.13 Å². The van der Waals surface area contributed by atoms with Gasteiger partial charge in [-0.3, -0.25) is 24.5 Å². The molecule has 0 bridgehead atoms. The Morgan fingerprint density at radius 1 is 0.974 bits per heavy atom. The second-order valence-corrected chi connectivity index (χ2v) is 9.16. The number of thiazole rings is 1. The normalized spacial score (nSPS) is 12.1. The number of aliphatic carboxylic acids is 2. The zero-order chi connectivity index (χ0) is 28.2. The van der Waals surface area contributed by atoms with Crippen molar-refractivity contribution in [1.29, 1.82) is 0 Å². The Bertz CT molecular complexity index is 1170. The van der Waals surface area contributed by atoms with E-state index >= 15 is 0 Å². The number of hydrogen-bond donors (Lipinski definition) is 7. The fourth-order valence-electron chi connectivity index (χ4n) is 3.00. The molecule has 1 aromatic carbocycles. The molecule has 0 spiro atoms. The maximum atomic E-state index is 12.4. The summed E-state index contributed by atoms with van der Waals surface area (Å²) in [6, 6.07) is 5.83. The highest BCUT2D eigenvalue weighted by Gasteiger charge is 2.30. The molecule has 5 amide bonds. The Hall–Kier alpha value is -4.53. The van der Waals surface area contributed by atoms with Crippen LogP contribution in [0.5, 0.6) is 0 Å². The number of carboxylic acid groups (broad SMARTS) is 2. The van der Waals surface area contributed by atoms with E-state index in [1.807, 2.05) is 30.3 Å². The number of carbonyl (C=O) groups is 6. The second-order valence-electron chi connectivity index (χ2n) is 8.30. The molecule has 1 heterocycles. The van der Waals surface area contributed by atoms with Gasteiger partial charge in [0.1, 0.15) is 17.8 Å². The molecular weight excluding hydrogens is 520 g/mol. The second kappa shape index (κ2) is 14.3. The van der Waals surface area contributed by atoms with Crippen LogP contribution >= 0.6 is 11.3 Å². The first-order valence-electron chi connectivity index (χ1n) is 11.3. The fourth-order valence-corrected chi connectivity index (χ4v) is 3.69. The van der Waals surface area contributed by atoms with Crippen molar-refractivity contribution in [2.45, 2.75) is 38.9 Å². The molecule has 204 valence electrons. The van der Waals surface area contributed by atoms with Gasteiger partial charge in [-0.05, 0) is 11.5 Å². The summed E-state index contributed by atoms with van der Waals surface area (Å²) < 4.78 is 0. The van der Waals surface area contributed by atoms with E-state index in [9.17, 15) is 33.9 Å². The summed E-state index contributed by atoms with van der Waals surface area (Å²) in [5, 5.41) is 31.6.